The molecule has 0 bridgehead atoms. The summed E-state index contributed by atoms with van der Waals surface area (Å²) in [6.07, 6.45) is 1.75. The zero-order valence-corrected chi connectivity index (χ0v) is 31.5. The smallest absolute Gasteiger partial charge is 0.504 e. The van der Waals surface area contributed by atoms with Gasteiger partial charge in [0.25, 0.3) is 10.2 Å². The van der Waals surface area contributed by atoms with Gasteiger partial charge >= 0.3 is 18.1 Å². The predicted molar refractivity (Wildman–Crippen MR) is 188 cm³/mol. The molecule has 4 aliphatic carbocycles. The summed E-state index contributed by atoms with van der Waals surface area (Å²) < 4.78 is 21.3. The van der Waals surface area contributed by atoms with Gasteiger partial charge in [-0.1, -0.05) is 19.4 Å². The van der Waals surface area contributed by atoms with Crippen LogP contribution >= 0.6 is 0 Å². The van der Waals surface area contributed by atoms with Crippen molar-refractivity contribution in [2.24, 2.45) is 28.6 Å². The number of allylic oxidation sites excluding steroid dienone is 1. The van der Waals surface area contributed by atoms with Crippen LogP contribution in [0.1, 0.15) is 94.8 Å². The van der Waals surface area contributed by atoms with Gasteiger partial charge in [0.15, 0.2) is 29.5 Å². The molecule has 0 aliphatic heterocycles. The number of phenolic OH excluding ortho intramolecular Hbond substituents is 2. The fraction of sp³-hybridized carbons (Fsp3) is 0.649. The van der Waals surface area contributed by atoms with Gasteiger partial charge < -0.3 is 43.9 Å². The number of aliphatic hydroxyl groups is 1. The maximum absolute atomic E-state index is 14.4. The molecule has 312 valence electrons. The van der Waals surface area contributed by atoms with E-state index >= 15 is 0 Å². The highest BCUT2D eigenvalue weighted by molar-refractivity contribution is 5.94. The summed E-state index contributed by atoms with van der Waals surface area (Å²) in [6.45, 7) is 2.02. The number of phenols is 2. The first kappa shape index (κ1) is 42.6. The van der Waals surface area contributed by atoms with E-state index in [-0.39, 0.29) is 80.8 Å². The number of unbranched alkanes of at least 4 members (excludes halogenated alkanes) is 1. The standard InChI is InChI=1S/C37H46N2O18/c1-35-11-9-23(40)18-22(35)7-8-24-25-10-12-37(36(25,2)19-27(42)31(24)35,57-30(44)6-5-15-55-39(50)51)29(43)20-53-34(47)56-28-17-21(16-26(41)32(28)45)33(46)52-13-3-4-14-54-38(48)49/h16-18,24-25,27,31,41-42,45H,3-15,19-20H2,1-2H3/t24?,25?,27-,31+,35-,36-,37-/m0/s1. The number of fused-ring (bicyclic) bond motifs is 5. The van der Waals surface area contributed by atoms with Crippen molar-refractivity contribution in [1.82, 2.24) is 0 Å². The van der Waals surface area contributed by atoms with Crippen molar-refractivity contribution in [1.29, 1.82) is 0 Å². The lowest BCUT2D eigenvalue weighted by atomic mass is 9.45. The van der Waals surface area contributed by atoms with Crippen molar-refractivity contribution >= 4 is 29.7 Å². The Morgan fingerprint density at radius 2 is 1.60 bits per heavy atom. The van der Waals surface area contributed by atoms with E-state index in [0.29, 0.717) is 32.1 Å². The molecule has 3 fully saturated rings. The number of esters is 2. The van der Waals surface area contributed by atoms with Crippen LogP contribution in [0.5, 0.6) is 17.2 Å². The Hall–Kier alpha value is -5.53. The number of hydrogen-bond donors (Lipinski definition) is 3. The van der Waals surface area contributed by atoms with Gasteiger partial charge in [-0.05, 0) is 99.2 Å². The molecule has 1 aromatic rings. The minimum atomic E-state index is -1.91. The van der Waals surface area contributed by atoms with Crippen molar-refractivity contribution in [3.63, 3.8) is 0 Å². The van der Waals surface area contributed by atoms with Crippen molar-refractivity contribution < 1.29 is 78.1 Å². The lowest BCUT2D eigenvalue weighted by Gasteiger charge is -2.60. The number of aliphatic hydroxyl groups excluding tert-OH is 1. The zero-order valence-electron chi connectivity index (χ0n) is 31.5. The minimum absolute atomic E-state index is 0.0119. The molecule has 0 amide bonds. The normalized spacial score (nSPS) is 28.7. The van der Waals surface area contributed by atoms with Crippen LogP contribution in [-0.2, 0) is 38.3 Å². The van der Waals surface area contributed by atoms with Gasteiger partial charge in [-0.25, -0.2) is 9.59 Å². The van der Waals surface area contributed by atoms with Crippen LogP contribution < -0.4 is 4.74 Å². The molecule has 4 aliphatic rings. The van der Waals surface area contributed by atoms with Crippen molar-refractivity contribution in [2.75, 3.05) is 26.4 Å². The van der Waals surface area contributed by atoms with E-state index in [1.54, 1.807) is 13.0 Å². The third-order valence-electron chi connectivity index (χ3n) is 12.3. The summed E-state index contributed by atoms with van der Waals surface area (Å²) in [6, 6.07) is 1.72. The molecule has 20 nitrogen and oxygen atoms in total. The molecule has 7 atom stereocenters. The third kappa shape index (κ3) is 8.89. The van der Waals surface area contributed by atoms with E-state index in [4.69, 9.17) is 18.9 Å². The van der Waals surface area contributed by atoms with E-state index in [1.165, 1.54) is 0 Å². The first-order valence-corrected chi connectivity index (χ1v) is 18.7. The summed E-state index contributed by atoms with van der Waals surface area (Å²) in [7, 11) is 0. The Morgan fingerprint density at radius 1 is 0.912 bits per heavy atom. The largest absolute Gasteiger partial charge is 0.514 e. The van der Waals surface area contributed by atoms with E-state index in [2.05, 4.69) is 16.6 Å². The Bertz CT molecular complexity index is 1810. The third-order valence-corrected chi connectivity index (χ3v) is 12.3. The lowest BCUT2D eigenvalue weighted by Crippen LogP contribution is -2.63. The summed E-state index contributed by atoms with van der Waals surface area (Å²) >= 11 is 0. The lowest BCUT2D eigenvalue weighted by molar-refractivity contribution is -0.757. The Balaban J connectivity index is 1.31. The second-order valence-corrected chi connectivity index (χ2v) is 15.4. The van der Waals surface area contributed by atoms with Crippen LogP contribution in [0.3, 0.4) is 0 Å². The van der Waals surface area contributed by atoms with Crippen LogP contribution in [0.15, 0.2) is 23.8 Å². The minimum Gasteiger partial charge on any atom is -0.504 e. The molecule has 5 rings (SSSR count). The molecule has 0 aromatic heterocycles. The molecule has 20 heteroatoms. The predicted octanol–water partition coefficient (Wildman–Crippen LogP) is 4.10. The Labute approximate surface area is 325 Å². The number of Topliss-reactive ketones (excluding diaryl/α,β-unsaturated/α-hetero) is 1. The van der Waals surface area contributed by atoms with Gasteiger partial charge in [0.1, 0.15) is 0 Å². The molecule has 0 radical (unpaired) electrons. The molecule has 0 saturated heterocycles. The number of hydrogen-bond acceptors (Lipinski definition) is 18. The highest BCUT2D eigenvalue weighted by Crippen LogP contribution is 2.68. The molecule has 3 N–H and O–H groups in total. The Morgan fingerprint density at radius 3 is 2.30 bits per heavy atom. The highest BCUT2D eigenvalue weighted by atomic mass is 17.0. The van der Waals surface area contributed by atoms with Crippen LogP contribution in [0.4, 0.5) is 4.79 Å². The first-order valence-electron chi connectivity index (χ1n) is 18.7. The number of ether oxygens (including phenoxy) is 4. The van der Waals surface area contributed by atoms with Gasteiger partial charge in [-0.15, -0.1) is 20.2 Å². The number of carbonyl (C=O) groups excluding carboxylic acids is 5. The van der Waals surface area contributed by atoms with E-state index in [0.717, 1.165) is 17.7 Å². The maximum atomic E-state index is 14.4. The number of rotatable bonds is 17. The van der Waals surface area contributed by atoms with Gasteiger partial charge in [-0.2, -0.15) is 0 Å². The van der Waals surface area contributed by atoms with Gasteiger partial charge in [-0.3, -0.25) is 14.4 Å². The summed E-state index contributed by atoms with van der Waals surface area (Å²) in [5, 5.41) is 51.3. The molecule has 0 heterocycles. The van der Waals surface area contributed by atoms with Gasteiger partial charge in [0, 0.05) is 18.3 Å². The fourth-order valence-electron chi connectivity index (χ4n) is 9.70. The van der Waals surface area contributed by atoms with Crippen LogP contribution in [0.25, 0.3) is 0 Å². The second kappa shape index (κ2) is 17.3. The van der Waals surface area contributed by atoms with E-state index in [9.17, 15) is 59.5 Å². The van der Waals surface area contributed by atoms with Gasteiger partial charge in [0.05, 0.1) is 31.5 Å². The van der Waals surface area contributed by atoms with Crippen LogP contribution in [-0.4, -0.2) is 93.3 Å². The van der Waals surface area contributed by atoms with Crippen LogP contribution in [0.2, 0.25) is 0 Å². The molecule has 57 heavy (non-hydrogen) atoms. The monoisotopic (exact) mass is 806 g/mol. The second-order valence-electron chi connectivity index (χ2n) is 15.4. The number of nitrogens with zero attached hydrogens (tertiary/aromatic N) is 2. The summed E-state index contributed by atoms with van der Waals surface area (Å²) in [4.78, 5) is 94.8. The highest BCUT2D eigenvalue weighted by Gasteiger charge is 2.70. The topological polar surface area (TPSA) is 288 Å². The van der Waals surface area contributed by atoms with Crippen molar-refractivity contribution in [2.45, 2.75) is 96.2 Å². The average molecular weight is 807 g/mol. The van der Waals surface area contributed by atoms with E-state index in [1.807, 2.05) is 0 Å². The zero-order chi connectivity index (χ0) is 41.7. The SMILES string of the molecule is C[C@]12CCC(=O)C=C1CCC1C3CC[C@](OC(=O)CCCO[N+](=O)[O-])(C(=O)COC(=O)Oc4cc(C(=O)OCCCCO[N+](=O)[O-])cc(O)c4O)[C@@]3(C)C[C@H](O)[C@@H]12. The number of aromatic hydroxyl groups is 2. The number of carbonyl (C=O) groups is 5. The quantitative estimate of drug-likeness (QED) is 0.0380. The van der Waals surface area contributed by atoms with Crippen molar-refractivity contribution in [3.05, 3.63) is 49.6 Å². The molecule has 1 aromatic carbocycles. The number of benzene rings is 1. The molecular formula is C37H46N2O18. The average Bonchev–Trinajstić information content (AvgIpc) is 3.43. The van der Waals surface area contributed by atoms with Gasteiger partial charge in [0.2, 0.25) is 11.5 Å². The first-order chi connectivity index (χ1) is 26.9. The molecule has 3 saturated carbocycles. The Kier molecular flexibility index (Phi) is 12.9. The fourth-order valence-corrected chi connectivity index (χ4v) is 9.70. The molecule has 0 spiro atoms. The summed E-state index contributed by atoms with van der Waals surface area (Å²) in [5.74, 6) is -5.77. The maximum Gasteiger partial charge on any atom is 0.514 e. The number of ketones is 2. The summed E-state index contributed by atoms with van der Waals surface area (Å²) in [5.41, 5.74) is -2.87. The molecule has 2 unspecified atom stereocenters. The van der Waals surface area contributed by atoms with E-state index < -0.39 is 87.0 Å². The van der Waals surface area contributed by atoms with Crippen LogP contribution in [0, 0.1) is 48.8 Å². The van der Waals surface area contributed by atoms with Crippen molar-refractivity contribution in [3.8, 4) is 17.2 Å². The molecular weight excluding hydrogens is 760 g/mol.